The maximum Gasteiger partial charge on any atom is 0.145 e. The average molecular weight is 397 g/mol. The molecule has 1 unspecified atom stereocenters. The van der Waals surface area contributed by atoms with Gasteiger partial charge in [0.2, 0.25) is 0 Å². The molecule has 7 nitrogen and oxygen atoms in total. The van der Waals surface area contributed by atoms with Gasteiger partial charge in [0, 0.05) is 36.8 Å². The van der Waals surface area contributed by atoms with Gasteiger partial charge in [-0.25, -0.2) is 15.0 Å². The molecule has 2 N–H and O–H groups in total. The minimum absolute atomic E-state index is 0.433. The Kier molecular flexibility index (Phi) is 5.15. The van der Waals surface area contributed by atoms with Crippen molar-refractivity contribution in [1.29, 1.82) is 0 Å². The second-order valence-corrected chi connectivity index (χ2v) is 7.92. The van der Waals surface area contributed by atoms with Crippen LogP contribution in [0.4, 0.5) is 11.5 Å². The van der Waals surface area contributed by atoms with Crippen LogP contribution in [0.1, 0.15) is 6.42 Å². The first-order valence-corrected chi connectivity index (χ1v) is 10.1. The largest absolute Gasteiger partial charge is 0.494 e. The summed E-state index contributed by atoms with van der Waals surface area (Å²) in [5.74, 6) is 1.09. The zero-order valence-electron chi connectivity index (χ0n) is 16.3. The lowest BCUT2D eigenvalue weighted by molar-refractivity contribution is 0.409. The van der Waals surface area contributed by atoms with Gasteiger partial charge in [0.15, 0.2) is 0 Å². The Bertz CT molecular complexity index is 961. The number of rotatable bonds is 5. The monoisotopic (exact) mass is 396 g/mol. The fraction of sp³-hybridized carbons (Fsp3) is 0.350. The van der Waals surface area contributed by atoms with Crippen molar-refractivity contribution in [2.45, 2.75) is 12.5 Å². The topological polar surface area (TPSA) is 80.4 Å². The Morgan fingerprint density at radius 3 is 2.86 bits per heavy atom. The summed E-state index contributed by atoms with van der Waals surface area (Å²) in [5, 5.41) is 2.79. The summed E-state index contributed by atoms with van der Waals surface area (Å²) >= 11 is 1.55. The van der Waals surface area contributed by atoms with E-state index in [9.17, 15) is 0 Å². The first-order valence-electron chi connectivity index (χ1n) is 9.19. The van der Waals surface area contributed by atoms with E-state index in [1.165, 1.54) is 0 Å². The van der Waals surface area contributed by atoms with Crippen LogP contribution in [-0.4, -0.2) is 60.2 Å². The quantitative estimate of drug-likeness (QED) is 0.710. The van der Waals surface area contributed by atoms with E-state index in [4.69, 9.17) is 15.5 Å². The fourth-order valence-corrected chi connectivity index (χ4v) is 4.17. The summed E-state index contributed by atoms with van der Waals surface area (Å²) in [4.78, 5) is 18.2. The highest BCUT2D eigenvalue weighted by Gasteiger charge is 2.24. The van der Waals surface area contributed by atoms with Crippen molar-refractivity contribution in [1.82, 2.24) is 19.9 Å². The zero-order valence-corrected chi connectivity index (χ0v) is 17.1. The Hall–Kier alpha value is -2.71. The molecule has 0 amide bonds. The molecule has 1 fully saturated rings. The summed E-state index contributed by atoms with van der Waals surface area (Å²) in [6.45, 7) is 2.15. The van der Waals surface area contributed by atoms with Crippen LogP contribution in [0.3, 0.4) is 0 Å². The lowest BCUT2D eigenvalue weighted by Crippen LogP contribution is -2.33. The van der Waals surface area contributed by atoms with Gasteiger partial charge in [-0.1, -0.05) is 0 Å². The Labute approximate surface area is 168 Å². The maximum atomic E-state index is 6.24. The molecule has 0 radical (unpaired) electrons. The number of pyridine rings is 2. The molecule has 3 aromatic heterocycles. The second kappa shape index (κ2) is 7.73. The number of nitrogen functional groups attached to an aromatic ring is 1. The number of nitrogens with zero attached hydrogens (tertiary/aromatic N) is 5. The van der Waals surface area contributed by atoms with Gasteiger partial charge >= 0.3 is 0 Å². The number of ether oxygens (including phenoxy) is 1. The zero-order chi connectivity index (χ0) is 19.7. The molecule has 4 rings (SSSR count). The lowest BCUT2D eigenvalue weighted by atomic mass is 10.1. The predicted molar refractivity (Wildman–Crippen MR) is 114 cm³/mol. The van der Waals surface area contributed by atoms with E-state index in [1.807, 2.05) is 23.7 Å². The summed E-state index contributed by atoms with van der Waals surface area (Å²) in [7, 11) is 5.90. The van der Waals surface area contributed by atoms with Crippen molar-refractivity contribution >= 4 is 22.8 Å². The van der Waals surface area contributed by atoms with E-state index in [-0.39, 0.29) is 0 Å². The van der Waals surface area contributed by atoms with Gasteiger partial charge in [-0.3, -0.25) is 0 Å². The standard InChI is InChI=1S/C20H24N6OS/c1-25-8-6-13(12-25)26(2)14-10-15(19(21)23-11-14)18-17(27-3)5-4-16(24-18)20-22-7-9-28-20/h4-5,7,9-11,13H,6,8,12H2,1-3H3,(H2,21,23). The Morgan fingerprint density at radius 2 is 2.18 bits per heavy atom. The van der Waals surface area contributed by atoms with Gasteiger partial charge in [0.05, 0.1) is 24.7 Å². The number of likely N-dealkylation sites (N-methyl/N-ethyl adjacent to an activating group) is 2. The number of aromatic nitrogens is 3. The minimum Gasteiger partial charge on any atom is -0.494 e. The number of nitrogens with two attached hydrogens (primary N) is 1. The number of methoxy groups -OCH3 is 1. The molecular weight excluding hydrogens is 372 g/mol. The molecule has 1 aliphatic heterocycles. The number of hydrogen-bond donors (Lipinski definition) is 1. The minimum atomic E-state index is 0.433. The lowest BCUT2D eigenvalue weighted by Gasteiger charge is -2.27. The van der Waals surface area contributed by atoms with Crippen LogP contribution in [0, 0.1) is 0 Å². The Balaban J connectivity index is 1.75. The van der Waals surface area contributed by atoms with Crippen LogP contribution in [0.2, 0.25) is 0 Å². The van der Waals surface area contributed by atoms with E-state index < -0.39 is 0 Å². The first-order chi connectivity index (χ1) is 13.6. The van der Waals surface area contributed by atoms with Gasteiger partial charge in [0.25, 0.3) is 0 Å². The number of likely N-dealkylation sites (tertiary alicyclic amines) is 1. The molecule has 1 saturated heterocycles. The van der Waals surface area contributed by atoms with E-state index in [0.29, 0.717) is 23.3 Å². The highest BCUT2D eigenvalue weighted by Crippen LogP contribution is 2.36. The summed E-state index contributed by atoms with van der Waals surface area (Å²) < 4.78 is 5.56. The molecule has 28 heavy (non-hydrogen) atoms. The van der Waals surface area contributed by atoms with Crippen LogP contribution in [0.15, 0.2) is 36.0 Å². The molecular formula is C20H24N6OS. The van der Waals surface area contributed by atoms with Crippen molar-refractivity contribution in [3.63, 3.8) is 0 Å². The third kappa shape index (κ3) is 3.53. The molecule has 0 saturated carbocycles. The molecule has 8 heteroatoms. The van der Waals surface area contributed by atoms with Gasteiger partial charge in [-0.05, 0) is 38.2 Å². The molecule has 1 atom stereocenters. The van der Waals surface area contributed by atoms with E-state index in [0.717, 1.165) is 41.5 Å². The molecule has 3 aromatic rings. The van der Waals surface area contributed by atoms with Gasteiger partial charge < -0.3 is 20.3 Å². The van der Waals surface area contributed by atoms with Crippen molar-refractivity contribution < 1.29 is 4.74 Å². The highest BCUT2D eigenvalue weighted by atomic mass is 32.1. The predicted octanol–water partition coefficient (Wildman–Crippen LogP) is 3.00. The van der Waals surface area contributed by atoms with E-state index in [1.54, 1.807) is 24.6 Å². The number of anilines is 2. The maximum absolute atomic E-state index is 6.24. The van der Waals surface area contributed by atoms with Crippen LogP contribution in [-0.2, 0) is 0 Å². The van der Waals surface area contributed by atoms with Crippen molar-refractivity contribution in [3.8, 4) is 27.7 Å². The summed E-state index contributed by atoms with van der Waals surface area (Å²) in [6, 6.07) is 6.33. The van der Waals surface area contributed by atoms with Crippen molar-refractivity contribution in [3.05, 3.63) is 36.0 Å². The van der Waals surface area contributed by atoms with Crippen LogP contribution in [0.5, 0.6) is 5.75 Å². The van der Waals surface area contributed by atoms with Crippen LogP contribution < -0.4 is 15.4 Å². The first kappa shape index (κ1) is 18.6. The van der Waals surface area contributed by atoms with Crippen molar-refractivity contribution in [2.75, 3.05) is 44.9 Å². The smallest absolute Gasteiger partial charge is 0.145 e. The third-order valence-electron chi connectivity index (χ3n) is 5.21. The molecule has 0 spiro atoms. The Morgan fingerprint density at radius 1 is 1.32 bits per heavy atom. The van der Waals surface area contributed by atoms with E-state index in [2.05, 4.69) is 39.9 Å². The number of thiazole rings is 1. The molecule has 4 heterocycles. The third-order valence-corrected chi connectivity index (χ3v) is 6.01. The van der Waals surface area contributed by atoms with Crippen molar-refractivity contribution in [2.24, 2.45) is 0 Å². The average Bonchev–Trinajstić information content (AvgIpc) is 3.39. The normalized spacial score (nSPS) is 17.0. The van der Waals surface area contributed by atoms with E-state index >= 15 is 0 Å². The van der Waals surface area contributed by atoms with Crippen LogP contribution >= 0.6 is 11.3 Å². The molecule has 1 aliphatic rings. The fourth-order valence-electron chi connectivity index (χ4n) is 3.56. The summed E-state index contributed by atoms with van der Waals surface area (Å²) in [5.41, 5.74) is 9.51. The van der Waals surface area contributed by atoms with Gasteiger partial charge in [-0.2, -0.15) is 0 Å². The molecule has 0 bridgehead atoms. The SMILES string of the molecule is COc1ccc(-c2nccs2)nc1-c1cc(N(C)C2CCN(C)C2)cnc1N. The molecule has 0 aromatic carbocycles. The van der Waals surface area contributed by atoms with Crippen LogP contribution in [0.25, 0.3) is 22.0 Å². The summed E-state index contributed by atoms with van der Waals surface area (Å²) in [6.07, 6.45) is 4.73. The van der Waals surface area contributed by atoms with Gasteiger partial charge in [0.1, 0.15) is 22.3 Å². The van der Waals surface area contributed by atoms with Gasteiger partial charge in [-0.15, -0.1) is 11.3 Å². The second-order valence-electron chi connectivity index (χ2n) is 7.03. The molecule has 146 valence electrons. The number of hydrogen-bond acceptors (Lipinski definition) is 8. The molecule has 0 aliphatic carbocycles. The highest BCUT2D eigenvalue weighted by molar-refractivity contribution is 7.13.